The summed E-state index contributed by atoms with van der Waals surface area (Å²) in [5.41, 5.74) is 9.86. The van der Waals surface area contributed by atoms with Crippen LogP contribution in [0.2, 0.25) is 0 Å². The van der Waals surface area contributed by atoms with Crippen molar-refractivity contribution in [3.05, 3.63) is 48.0 Å². The Morgan fingerprint density at radius 2 is 2.00 bits per heavy atom. The minimum atomic E-state index is 0.554. The van der Waals surface area contributed by atoms with Gasteiger partial charge < -0.3 is 5.73 Å². The van der Waals surface area contributed by atoms with Crippen LogP contribution in [0.4, 0.5) is 5.69 Å². The summed E-state index contributed by atoms with van der Waals surface area (Å²) in [5.74, 6) is 0.554. The van der Waals surface area contributed by atoms with Crippen molar-refractivity contribution < 1.29 is 0 Å². The molecule has 1 aromatic heterocycles. The molecule has 0 saturated heterocycles. The molecule has 4 heteroatoms. The molecule has 0 bridgehead atoms. The molecule has 0 fully saturated rings. The van der Waals surface area contributed by atoms with Crippen LogP contribution in [0.3, 0.4) is 0 Å². The highest BCUT2D eigenvalue weighted by Crippen LogP contribution is 2.33. The molecule has 0 aliphatic rings. The maximum absolute atomic E-state index is 5.62. The molecule has 0 saturated carbocycles. The van der Waals surface area contributed by atoms with Crippen LogP contribution in [0, 0.1) is 6.92 Å². The van der Waals surface area contributed by atoms with E-state index in [-0.39, 0.29) is 0 Å². The van der Waals surface area contributed by atoms with Crippen LogP contribution in [0.1, 0.15) is 12.5 Å². The lowest BCUT2D eigenvalue weighted by Gasteiger charge is -1.99. The fourth-order valence-electron chi connectivity index (χ4n) is 2.12. The van der Waals surface area contributed by atoms with Gasteiger partial charge in [0.1, 0.15) is 5.01 Å². The van der Waals surface area contributed by atoms with Crippen molar-refractivity contribution >= 4 is 33.1 Å². The molecule has 0 atom stereocenters. The topological polar surface area (TPSA) is 51.3 Å². The van der Waals surface area contributed by atoms with Gasteiger partial charge in [-0.25, -0.2) is 9.98 Å². The zero-order valence-electron chi connectivity index (χ0n) is 11.4. The quantitative estimate of drug-likeness (QED) is 0.563. The number of nitrogens with two attached hydrogens (primary N) is 1. The van der Waals surface area contributed by atoms with Gasteiger partial charge in [-0.2, -0.15) is 0 Å². The van der Waals surface area contributed by atoms with Gasteiger partial charge in [0.2, 0.25) is 0 Å². The second-order valence-corrected chi connectivity index (χ2v) is 5.77. The molecule has 3 rings (SSSR count). The van der Waals surface area contributed by atoms with Crippen molar-refractivity contribution in [1.29, 1.82) is 0 Å². The highest BCUT2D eigenvalue weighted by molar-refractivity contribution is 7.21. The van der Waals surface area contributed by atoms with Crippen LogP contribution in [-0.4, -0.2) is 10.8 Å². The minimum absolute atomic E-state index is 0.554. The first-order valence-corrected chi connectivity index (χ1v) is 7.22. The van der Waals surface area contributed by atoms with Gasteiger partial charge in [0, 0.05) is 5.56 Å². The molecule has 0 amide bonds. The maximum atomic E-state index is 5.62. The Balaban J connectivity index is 2.12. The van der Waals surface area contributed by atoms with E-state index in [2.05, 4.69) is 30.1 Å². The smallest absolute Gasteiger partial charge is 0.124 e. The summed E-state index contributed by atoms with van der Waals surface area (Å²) in [5, 5.41) is 1.05. The fourth-order valence-corrected chi connectivity index (χ4v) is 3.15. The molecule has 0 radical (unpaired) electrons. The Morgan fingerprint density at radius 3 is 2.75 bits per heavy atom. The summed E-state index contributed by atoms with van der Waals surface area (Å²) in [7, 11) is 0. The summed E-state index contributed by atoms with van der Waals surface area (Å²) < 4.78 is 1.16. The summed E-state index contributed by atoms with van der Waals surface area (Å²) >= 11 is 1.70. The molecule has 0 aliphatic carbocycles. The second kappa shape index (κ2) is 5.06. The SMILES string of the molecule is CC(N)=Nc1ccc2sc(-c3ccccc3C)nc2c1. The average Bonchev–Trinajstić information content (AvgIpc) is 2.81. The first-order chi connectivity index (χ1) is 9.63. The van der Waals surface area contributed by atoms with E-state index in [4.69, 9.17) is 10.7 Å². The van der Waals surface area contributed by atoms with Gasteiger partial charge in [0.15, 0.2) is 0 Å². The number of aromatic nitrogens is 1. The number of aryl methyl sites for hydroxylation is 1. The zero-order valence-corrected chi connectivity index (χ0v) is 12.2. The largest absolute Gasteiger partial charge is 0.387 e. The lowest BCUT2D eigenvalue weighted by atomic mass is 10.1. The van der Waals surface area contributed by atoms with E-state index in [0.717, 1.165) is 20.9 Å². The zero-order chi connectivity index (χ0) is 14.1. The normalized spacial score (nSPS) is 12.0. The van der Waals surface area contributed by atoms with Gasteiger partial charge in [-0.3, -0.25) is 0 Å². The first kappa shape index (κ1) is 12.8. The maximum Gasteiger partial charge on any atom is 0.124 e. The van der Waals surface area contributed by atoms with E-state index in [0.29, 0.717) is 5.84 Å². The molecular formula is C16H15N3S. The van der Waals surface area contributed by atoms with Gasteiger partial charge in [0.05, 0.1) is 21.7 Å². The monoisotopic (exact) mass is 281 g/mol. The van der Waals surface area contributed by atoms with Crippen LogP contribution < -0.4 is 5.73 Å². The van der Waals surface area contributed by atoms with Gasteiger partial charge in [-0.05, 0) is 37.6 Å². The molecule has 3 aromatic rings. The van der Waals surface area contributed by atoms with Gasteiger partial charge in [0.25, 0.3) is 0 Å². The second-order valence-electron chi connectivity index (χ2n) is 4.74. The van der Waals surface area contributed by atoms with Gasteiger partial charge >= 0.3 is 0 Å². The Kier molecular flexibility index (Phi) is 3.24. The molecule has 100 valence electrons. The molecule has 0 aliphatic heterocycles. The molecule has 20 heavy (non-hydrogen) atoms. The van der Waals surface area contributed by atoms with Crippen LogP contribution in [-0.2, 0) is 0 Å². The summed E-state index contributed by atoms with van der Waals surface area (Å²) in [6, 6.07) is 14.3. The Labute approximate surface area is 121 Å². The summed E-state index contributed by atoms with van der Waals surface area (Å²) in [6.45, 7) is 3.89. The van der Waals surface area contributed by atoms with Crippen molar-refractivity contribution in [3.63, 3.8) is 0 Å². The molecule has 2 N–H and O–H groups in total. The number of hydrogen-bond acceptors (Lipinski definition) is 3. The van der Waals surface area contributed by atoms with Crippen LogP contribution in [0.25, 0.3) is 20.8 Å². The van der Waals surface area contributed by atoms with E-state index in [1.54, 1.807) is 18.3 Å². The van der Waals surface area contributed by atoms with E-state index in [1.807, 2.05) is 24.3 Å². The molecule has 0 spiro atoms. The van der Waals surface area contributed by atoms with Crippen molar-refractivity contribution in [2.45, 2.75) is 13.8 Å². The summed E-state index contributed by atoms with van der Waals surface area (Å²) in [6.07, 6.45) is 0. The number of nitrogens with zero attached hydrogens (tertiary/aromatic N) is 2. The molecule has 1 heterocycles. The average molecular weight is 281 g/mol. The third kappa shape index (κ3) is 2.42. The highest BCUT2D eigenvalue weighted by atomic mass is 32.1. The van der Waals surface area contributed by atoms with Crippen molar-refractivity contribution in [3.8, 4) is 10.6 Å². The Morgan fingerprint density at radius 1 is 1.20 bits per heavy atom. The number of thiazole rings is 1. The van der Waals surface area contributed by atoms with E-state index in [1.165, 1.54) is 11.1 Å². The minimum Gasteiger partial charge on any atom is -0.387 e. The van der Waals surface area contributed by atoms with E-state index >= 15 is 0 Å². The predicted molar refractivity (Wildman–Crippen MR) is 86.7 cm³/mol. The number of amidine groups is 1. The Bertz CT molecular complexity index is 798. The highest BCUT2D eigenvalue weighted by Gasteiger charge is 2.08. The van der Waals surface area contributed by atoms with Crippen molar-refractivity contribution in [2.75, 3.05) is 0 Å². The third-order valence-electron chi connectivity index (χ3n) is 3.05. The number of aliphatic imine (C=N–C) groups is 1. The standard InChI is InChI=1S/C16H15N3S/c1-10-5-3-4-6-13(10)16-19-14-9-12(18-11(2)17)7-8-15(14)20-16/h3-9H,1-2H3,(H2,17,18). The molecular weight excluding hydrogens is 266 g/mol. The van der Waals surface area contributed by atoms with Crippen molar-refractivity contribution in [2.24, 2.45) is 10.7 Å². The van der Waals surface area contributed by atoms with Crippen LogP contribution >= 0.6 is 11.3 Å². The van der Waals surface area contributed by atoms with Crippen LogP contribution in [0.5, 0.6) is 0 Å². The first-order valence-electron chi connectivity index (χ1n) is 6.41. The summed E-state index contributed by atoms with van der Waals surface area (Å²) in [4.78, 5) is 8.99. The third-order valence-corrected chi connectivity index (χ3v) is 4.12. The van der Waals surface area contributed by atoms with Crippen LogP contribution in [0.15, 0.2) is 47.5 Å². The number of fused-ring (bicyclic) bond motifs is 1. The molecule has 0 unspecified atom stereocenters. The Hall–Kier alpha value is -2.20. The lowest BCUT2D eigenvalue weighted by molar-refractivity contribution is 1.41. The number of rotatable bonds is 2. The molecule has 2 aromatic carbocycles. The predicted octanol–water partition coefficient (Wildman–Crippen LogP) is 4.28. The van der Waals surface area contributed by atoms with E-state index in [9.17, 15) is 0 Å². The number of hydrogen-bond donors (Lipinski definition) is 1. The molecule has 3 nitrogen and oxygen atoms in total. The van der Waals surface area contributed by atoms with E-state index < -0.39 is 0 Å². The van der Waals surface area contributed by atoms with Crippen molar-refractivity contribution in [1.82, 2.24) is 4.98 Å². The lowest BCUT2D eigenvalue weighted by Crippen LogP contribution is -2.03. The van der Waals surface area contributed by atoms with Gasteiger partial charge in [-0.15, -0.1) is 11.3 Å². The number of benzene rings is 2. The van der Waals surface area contributed by atoms with Gasteiger partial charge in [-0.1, -0.05) is 24.3 Å². The fraction of sp³-hybridized carbons (Fsp3) is 0.125.